The van der Waals surface area contributed by atoms with E-state index in [-0.39, 0.29) is 17.6 Å². The lowest BCUT2D eigenvalue weighted by molar-refractivity contribution is 0.254. The third kappa shape index (κ3) is 2.93. The molecule has 110 valence electrons. The van der Waals surface area contributed by atoms with Crippen LogP contribution in [-0.2, 0) is 0 Å². The van der Waals surface area contributed by atoms with Crippen LogP contribution in [0.4, 0.5) is 4.39 Å². The van der Waals surface area contributed by atoms with Gasteiger partial charge in [-0.25, -0.2) is 4.39 Å². The number of halogens is 1. The van der Waals surface area contributed by atoms with Gasteiger partial charge in [-0.3, -0.25) is 4.90 Å². The summed E-state index contributed by atoms with van der Waals surface area (Å²) >= 11 is 0. The highest BCUT2D eigenvalue weighted by Crippen LogP contribution is 2.34. The normalized spacial score (nSPS) is 20.6. The van der Waals surface area contributed by atoms with Gasteiger partial charge in [-0.15, -0.1) is 0 Å². The van der Waals surface area contributed by atoms with E-state index in [1.54, 1.807) is 12.1 Å². The maximum absolute atomic E-state index is 14.0. The summed E-state index contributed by atoms with van der Waals surface area (Å²) in [6.07, 6.45) is 1.11. The lowest BCUT2D eigenvalue weighted by Crippen LogP contribution is -2.25. The zero-order chi connectivity index (χ0) is 14.8. The molecule has 2 atom stereocenters. The predicted octanol–water partition coefficient (Wildman–Crippen LogP) is 4.08. The van der Waals surface area contributed by atoms with Crippen molar-refractivity contribution in [3.05, 3.63) is 65.5 Å². The van der Waals surface area contributed by atoms with E-state index in [1.165, 1.54) is 11.6 Å². The van der Waals surface area contributed by atoms with Crippen LogP contribution >= 0.6 is 0 Å². The molecule has 0 aromatic heterocycles. The van der Waals surface area contributed by atoms with E-state index in [1.807, 2.05) is 13.0 Å². The van der Waals surface area contributed by atoms with Crippen LogP contribution in [0.3, 0.4) is 0 Å². The Morgan fingerprint density at radius 2 is 1.95 bits per heavy atom. The molecule has 0 aliphatic carbocycles. The average molecular weight is 285 g/mol. The largest absolute Gasteiger partial charge is 0.508 e. The summed E-state index contributed by atoms with van der Waals surface area (Å²) < 4.78 is 14.0. The van der Waals surface area contributed by atoms with Gasteiger partial charge in [0, 0.05) is 24.2 Å². The van der Waals surface area contributed by atoms with Crippen molar-refractivity contribution < 1.29 is 9.50 Å². The van der Waals surface area contributed by atoms with E-state index in [4.69, 9.17) is 0 Å². The van der Waals surface area contributed by atoms with Gasteiger partial charge in [-0.2, -0.15) is 0 Å². The molecule has 1 aliphatic rings. The fraction of sp³-hybridized carbons (Fsp3) is 0.333. The van der Waals surface area contributed by atoms with Gasteiger partial charge in [-0.1, -0.05) is 36.4 Å². The molecule has 3 rings (SSSR count). The van der Waals surface area contributed by atoms with Crippen molar-refractivity contribution in [1.82, 2.24) is 4.90 Å². The Balaban J connectivity index is 1.74. The van der Waals surface area contributed by atoms with Gasteiger partial charge in [0.1, 0.15) is 11.6 Å². The maximum Gasteiger partial charge on any atom is 0.131 e. The molecule has 1 saturated heterocycles. The zero-order valence-corrected chi connectivity index (χ0v) is 12.2. The van der Waals surface area contributed by atoms with E-state index < -0.39 is 0 Å². The minimum Gasteiger partial charge on any atom is -0.508 e. The lowest BCUT2D eigenvalue weighted by atomic mass is 9.98. The molecular weight excluding hydrogens is 265 g/mol. The zero-order valence-electron chi connectivity index (χ0n) is 12.2. The minimum atomic E-state index is -0.328. The molecule has 0 amide bonds. The molecule has 21 heavy (non-hydrogen) atoms. The molecular formula is C18H20FNO. The van der Waals surface area contributed by atoms with Gasteiger partial charge in [0.15, 0.2) is 0 Å². The van der Waals surface area contributed by atoms with Crippen molar-refractivity contribution in [1.29, 1.82) is 0 Å². The standard InChI is InChI=1S/C18H20FNO/c1-13(17-8-7-16(21)11-18(17)19)20-10-9-15(12-20)14-5-3-2-4-6-14/h2-8,11,13,15,21H,9-10,12H2,1H3. The van der Waals surface area contributed by atoms with Crippen molar-refractivity contribution in [2.24, 2.45) is 0 Å². The number of likely N-dealkylation sites (tertiary alicyclic amines) is 1. The molecule has 2 aromatic rings. The van der Waals surface area contributed by atoms with Gasteiger partial charge >= 0.3 is 0 Å². The van der Waals surface area contributed by atoms with Crippen molar-refractivity contribution in [2.45, 2.75) is 25.3 Å². The minimum absolute atomic E-state index is 0.0213. The average Bonchev–Trinajstić information content (AvgIpc) is 2.97. The van der Waals surface area contributed by atoms with Crippen molar-refractivity contribution in [2.75, 3.05) is 13.1 Å². The topological polar surface area (TPSA) is 23.5 Å². The quantitative estimate of drug-likeness (QED) is 0.918. The molecule has 1 aliphatic heterocycles. The Morgan fingerprint density at radius 3 is 2.67 bits per heavy atom. The monoisotopic (exact) mass is 285 g/mol. The van der Waals surface area contributed by atoms with E-state index in [2.05, 4.69) is 29.2 Å². The Labute approximate surface area is 124 Å². The molecule has 0 spiro atoms. The molecule has 3 heteroatoms. The first-order chi connectivity index (χ1) is 10.1. The molecule has 1 fully saturated rings. The predicted molar refractivity (Wildman–Crippen MR) is 81.9 cm³/mol. The molecule has 2 nitrogen and oxygen atoms in total. The fourth-order valence-electron chi connectivity index (χ4n) is 3.19. The summed E-state index contributed by atoms with van der Waals surface area (Å²) in [7, 11) is 0. The number of rotatable bonds is 3. The number of phenolic OH excluding ortho intramolecular Hbond substituents is 1. The first-order valence-corrected chi connectivity index (χ1v) is 7.42. The van der Waals surface area contributed by atoms with Gasteiger partial charge in [-0.05, 0) is 37.4 Å². The summed E-state index contributed by atoms with van der Waals surface area (Å²) in [6, 6.07) is 15.0. The van der Waals surface area contributed by atoms with Crippen LogP contribution < -0.4 is 0 Å². The number of benzene rings is 2. The summed E-state index contributed by atoms with van der Waals surface area (Å²) in [5.74, 6) is 0.173. The van der Waals surface area contributed by atoms with Crippen LogP contribution in [-0.4, -0.2) is 23.1 Å². The summed E-state index contributed by atoms with van der Waals surface area (Å²) in [6.45, 7) is 3.95. The molecule has 0 radical (unpaired) electrons. The van der Waals surface area contributed by atoms with Crippen molar-refractivity contribution in [3.8, 4) is 5.75 Å². The van der Waals surface area contributed by atoms with E-state index in [9.17, 15) is 9.50 Å². The summed E-state index contributed by atoms with van der Waals surface area (Å²) in [4.78, 5) is 2.31. The van der Waals surface area contributed by atoms with Crippen LogP contribution in [0.15, 0.2) is 48.5 Å². The van der Waals surface area contributed by atoms with Crippen LogP contribution in [0, 0.1) is 5.82 Å². The van der Waals surface area contributed by atoms with Gasteiger partial charge in [0.25, 0.3) is 0 Å². The van der Waals surface area contributed by atoms with Crippen LogP contribution in [0.2, 0.25) is 0 Å². The highest BCUT2D eigenvalue weighted by molar-refractivity contribution is 5.30. The molecule has 1 N–H and O–H groups in total. The SMILES string of the molecule is CC(c1ccc(O)cc1F)N1CCC(c2ccccc2)C1. The Hall–Kier alpha value is -1.87. The van der Waals surface area contributed by atoms with Crippen LogP contribution in [0.1, 0.15) is 36.4 Å². The first kappa shape index (κ1) is 14.1. The van der Waals surface area contributed by atoms with Gasteiger partial charge < -0.3 is 5.11 Å². The number of nitrogens with zero attached hydrogens (tertiary/aromatic N) is 1. The molecule has 2 aromatic carbocycles. The number of hydrogen-bond acceptors (Lipinski definition) is 2. The van der Waals surface area contributed by atoms with Crippen LogP contribution in [0.25, 0.3) is 0 Å². The second kappa shape index (κ2) is 5.86. The Bertz CT molecular complexity index is 614. The Morgan fingerprint density at radius 1 is 1.19 bits per heavy atom. The van der Waals surface area contributed by atoms with Gasteiger partial charge in [0.05, 0.1) is 0 Å². The molecule has 0 saturated carbocycles. The van der Waals surface area contributed by atoms with E-state index >= 15 is 0 Å². The highest BCUT2D eigenvalue weighted by atomic mass is 19.1. The van der Waals surface area contributed by atoms with Crippen molar-refractivity contribution >= 4 is 0 Å². The summed E-state index contributed by atoms with van der Waals surface area (Å²) in [5, 5.41) is 9.32. The van der Waals surface area contributed by atoms with Crippen LogP contribution in [0.5, 0.6) is 5.75 Å². The van der Waals surface area contributed by atoms with E-state index in [0.717, 1.165) is 19.5 Å². The molecule has 1 heterocycles. The Kier molecular flexibility index (Phi) is 3.93. The second-order valence-corrected chi connectivity index (χ2v) is 5.77. The smallest absolute Gasteiger partial charge is 0.131 e. The summed E-state index contributed by atoms with van der Waals surface area (Å²) in [5.41, 5.74) is 2.01. The maximum atomic E-state index is 14.0. The third-order valence-corrected chi connectivity index (χ3v) is 4.47. The van der Waals surface area contributed by atoms with E-state index in [0.29, 0.717) is 11.5 Å². The number of phenols is 1. The third-order valence-electron chi connectivity index (χ3n) is 4.47. The van der Waals surface area contributed by atoms with Gasteiger partial charge in [0.2, 0.25) is 0 Å². The highest BCUT2D eigenvalue weighted by Gasteiger charge is 2.28. The molecule has 0 bridgehead atoms. The number of aromatic hydroxyl groups is 1. The second-order valence-electron chi connectivity index (χ2n) is 5.77. The number of hydrogen-bond donors (Lipinski definition) is 1. The van der Waals surface area contributed by atoms with Crippen molar-refractivity contribution in [3.63, 3.8) is 0 Å². The fourth-order valence-corrected chi connectivity index (χ4v) is 3.19. The first-order valence-electron chi connectivity index (χ1n) is 7.42. The molecule has 2 unspecified atom stereocenters. The lowest BCUT2D eigenvalue weighted by Gasteiger charge is -2.25.